The number of ketones is 1. The van der Waals surface area contributed by atoms with Crippen LogP contribution < -0.4 is 0 Å². The molecule has 0 spiro atoms. The Kier molecular flexibility index (Phi) is 2.76. The summed E-state index contributed by atoms with van der Waals surface area (Å²) < 4.78 is 5.84. The number of epoxide rings is 1. The molecule has 0 bridgehead atoms. The highest BCUT2D eigenvalue weighted by molar-refractivity contribution is 5.84. The van der Waals surface area contributed by atoms with E-state index in [4.69, 9.17) is 4.74 Å². The number of Topliss-reactive ketones (excluding diaryl/α,β-unsaturated/α-hetero) is 1. The van der Waals surface area contributed by atoms with Crippen molar-refractivity contribution in [3.63, 3.8) is 0 Å². The maximum atomic E-state index is 13.3. The van der Waals surface area contributed by atoms with Gasteiger partial charge in [-0.25, -0.2) is 0 Å². The Morgan fingerprint density at radius 3 is 2.74 bits per heavy atom. The van der Waals surface area contributed by atoms with E-state index in [9.17, 15) is 10.1 Å². The van der Waals surface area contributed by atoms with E-state index < -0.39 is 0 Å². The standard InChI is InChI=1S/C20H27NO2/c1-19-8-15(22)18-13(14(19)6-4-12(19)10-21)5-3-11-7-16-17(23-16)9-20(11,18)2/h11-14,16-18H,3-9H2,1-2H3/t11?,12?,13-,14-,16?,17?,18-,19+,20-/m0/s1. The molecule has 4 aliphatic carbocycles. The minimum atomic E-state index is -0.0521. The number of nitrogens with zero attached hydrogens (tertiary/aromatic N) is 1. The Bertz CT molecular complexity index is 609. The maximum absolute atomic E-state index is 13.3. The lowest BCUT2D eigenvalue weighted by atomic mass is 9.44. The number of rotatable bonds is 0. The first-order valence-corrected chi connectivity index (χ1v) is 9.55. The maximum Gasteiger partial charge on any atom is 0.137 e. The third-order valence-corrected chi connectivity index (χ3v) is 8.75. The zero-order valence-electron chi connectivity index (χ0n) is 14.3. The fourth-order valence-electron chi connectivity index (χ4n) is 7.55. The fraction of sp³-hybridized carbons (Fsp3) is 0.900. The molecule has 3 heteroatoms. The Morgan fingerprint density at radius 2 is 1.96 bits per heavy atom. The lowest BCUT2D eigenvalue weighted by Gasteiger charge is -2.58. The van der Waals surface area contributed by atoms with Crippen LogP contribution in [0, 0.1) is 51.8 Å². The summed E-state index contributed by atoms with van der Waals surface area (Å²) in [6.07, 6.45) is 8.49. The van der Waals surface area contributed by atoms with Crippen LogP contribution in [0.5, 0.6) is 0 Å². The first-order valence-electron chi connectivity index (χ1n) is 9.55. The molecule has 3 nitrogen and oxygen atoms in total. The lowest BCUT2D eigenvalue weighted by molar-refractivity contribution is -0.155. The molecule has 9 atom stereocenters. The number of fused-ring (bicyclic) bond motifs is 6. The van der Waals surface area contributed by atoms with Crippen LogP contribution in [-0.4, -0.2) is 18.0 Å². The predicted molar refractivity (Wildman–Crippen MR) is 85.3 cm³/mol. The van der Waals surface area contributed by atoms with Crippen LogP contribution in [0.15, 0.2) is 0 Å². The Hall–Kier alpha value is -0.880. The molecule has 124 valence electrons. The summed E-state index contributed by atoms with van der Waals surface area (Å²) in [5.74, 6) is 2.59. The summed E-state index contributed by atoms with van der Waals surface area (Å²) >= 11 is 0. The SMILES string of the molecule is C[C@]12CC3OC3CC1CC[C@@H]1[C@H]2C(=O)C[C@]2(C)C(C#N)CC[C@@H]12. The van der Waals surface area contributed by atoms with Gasteiger partial charge in [-0.3, -0.25) is 4.79 Å². The van der Waals surface area contributed by atoms with E-state index >= 15 is 0 Å². The van der Waals surface area contributed by atoms with Crippen molar-refractivity contribution in [1.29, 1.82) is 5.26 Å². The van der Waals surface area contributed by atoms with Gasteiger partial charge in [0.1, 0.15) is 5.78 Å². The van der Waals surface area contributed by atoms with Gasteiger partial charge in [0, 0.05) is 12.3 Å². The van der Waals surface area contributed by atoms with E-state index in [-0.39, 0.29) is 22.7 Å². The number of hydrogen-bond donors (Lipinski definition) is 0. The molecule has 0 aromatic carbocycles. The number of carbonyl (C=O) groups excluding carboxylic acids is 1. The van der Waals surface area contributed by atoms with Crippen molar-refractivity contribution < 1.29 is 9.53 Å². The van der Waals surface area contributed by atoms with Crippen molar-refractivity contribution in [3.05, 3.63) is 0 Å². The van der Waals surface area contributed by atoms with E-state index in [0.717, 1.165) is 19.3 Å². The third kappa shape index (κ3) is 1.71. The molecule has 5 rings (SSSR count). The second kappa shape index (κ2) is 4.39. The number of nitriles is 1. The summed E-state index contributed by atoms with van der Waals surface area (Å²) in [5, 5.41) is 9.55. The average molecular weight is 313 g/mol. The van der Waals surface area contributed by atoms with Crippen molar-refractivity contribution in [2.24, 2.45) is 40.4 Å². The molecule has 1 heterocycles. The number of carbonyl (C=O) groups is 1. The van der Waals surface area contributed by atoms with E-state index in [2.05, 4.69) is 19.9 Å². The Balaban J connectivity index is 1.53. The smallest absolute Gasteiger partial charge is 0.137 e. The van der Waals surface area contributed by atoms with Crippen LogP contribution in [0.25, 0.3) is 0 Å². The fourth-order valence-corrected chi connectivity index (χ4v) is 7.55. The largest absolute Gasteiger partial charge is 0.370 e. The zero-order chi connectivity index (χ0) is 16.0. The van der Waals surface area contributed by atoms with Gasteiger partial charge in [-0.1, -0.05) is 13.8 Å². The normalized spacial score (nSPS) is 60.0. The quantitative estimate of drug-likeness (QED) is 0.640. The molecule has 0 aromatic heterocycles. The monoisotopic (exact) mass is 313 g/mol. The molecule has 4 saturated carbocycles. The van der Waals surface area contributed by atoms with Gasteiger partial charge in [-0.05, 0) is 67.1 Å². The zero-order valence-corrected chi connectivity index (χ0v) is 14.3. The van der Waals surface area contributed by atoms with Crippen molar-refractivity contribution in [1.82, 2.24) is 0 Å². The van der Waals surface area contributed by atoms with Gasteiger partial charge in [0.2, 0.25) is 0 Å². The number of ether oxygens (including phenoxy) is 1. The van der Waals surface area contributed by atoms with Gasteiger partial charge in [-0.15, -0.1) is 0 Å². The number of hydrogen-bond acceptors (Lipinski definition) is 3. The van der Waals surface area contributed by atoms with Crippen LogP contribution in [-0.2, 0) is 9.53 Å². The summed E-state index contributed by atoms with van der Waals surface area (Å²) in [7, 11) is 0. The first-order chi connectivity index (χ1) is 11.0. The minimum absolute atomic E-state index is 0.0521. The van der Waals surface area contributed by atoms with Crippen molar-refractivity contribution in [2.45, 2.75) is 71.0 Å². The van der Waals surface area contributed by atoms with E-state index in [1.54, 1.807) is 0 Å². The van der Waals surface area contributed by atoms with E-state index in [1.807, 2.05) is 0 Å². The topological polar surface area (TPSA) is 53.4 Å². The van der Waals surface area contributed by atoms with Crippen molar-refractivity contribution in [2.75, 3.05) is 0 Å². The average Bonchev–Trinajstić information content (AvgIpc) is 3.15. The molecule has 23 heavy (non-hydrogen) atoms. The summed E-state index contributed by atoms with van der Waals surface area (Å²) in [4.78, 5) is 13.3. The second-order valence-corrected chi connectivity index (χ2v) is 9.59. The highest BCUT2D eigenvalue weighted by Crippen LogP contribution is 2.67. The van der Waals surface area contributed by atoms with Crippen LogP contribution in [0.2, 0.25) is 0 Å². The third-order valence-electron chi connectivity index (χ3n) is 8.75. The van der Waals surface area contributed by atoms with Crippen LogP contribution in [0.1, 0.15) is 58.8 Å². The first kappa shape index (κ1) is 14.5. The molecule has 0 N–H and O–H groups in total. The van der Waals surface area contributed by atoms with Crippen LogP contribution in [0.3, 0.4) is 0 Å². The summed E-state index contributed by atoms with van der Waals surface area (Å²) in [6, 6.07) is 2.53. The molecule has 5 aliphatic rings. The predicted octanol–water partition coefficient (Wildman–Crippen LogP) is 3.73. The van der Waals surface area contributed by atoms with E-state index in [0.29, 0.717) is 42.2 Å². The molecule has 0 aromatic rings. The molecule has 0 radical (unpaired) electrons. The Morgan fingerprint density at radius 1 is 1.13 bits per heavy atom. The molecule has 5 fully saturated rings. The minimum Gasteiger partial charge on any atom is -0.370 e. The molecule has 0 amide bonds. The van der Waals surface area contributed by atoms with Crippen molar-refractivity contribution >= 4 is 5.78 Å². The van der Waals surface area contributed by atoms with Gasteiger partial charge in [-0.2, -0.15) is 5.26 Å². The van der Waals surface area contributed by atoms with Gasteiger partial charge < -0.3 is 4.74 Å². The van der Waals surface area contributed by atoms with Gasteiger partial charge >= 0.3 is 0 Å². The van der Waals surface area contributed by atoms with Crippen LogP contribution >= 0.6 is 0 Å². The highest BCUT2D eigenvalue weighted by Gasteiger charge is 2.66. The van der Waals surface area contributed by atoms with Crippen molar-refractivity contribution in [3.8, 4) is 6.07 Å². The molecule has 4 unspecified atom stereocenters. The summed E-state index contributed by atoms with van der Waals surface area (Å²) in [6.45, 7) is 4.63. The summed E-state index contributed by atoms with van der Waals surface area (Å²) in [5.41, 5.74) is 0.104. The van der Waals surface area contributed by atoms with E-state index in [1.165, 1.54) is 19.3 Å². The lowest BCUT2D eigenvalue weighted by Crippen LogP contribution is -2.57. The molecular formula is C20H27NO2. The highest BCUT2D eigenvalue weighted by atomic mass is 16.6. The second-order valence-electron chi connectivity index (χ2n) is 9.59. The van der Waals surface area contributed by atoms with Gasteiger partial charge in [0.05, 0.1) is 24.2 Å². The van der Waals surface area contributed by atoms with Crippen LogP contribution in [0.4, 0.5) is 0 Å². The molecular weight excluding hydrogens is 286 g/mol. The molecule has 1 saturated heterocycles. The Labute approximate surface area is 138 Å². The van der Waals surface area contributed by atoms with Gasteiger partial charge in [0.15, 0.2) is 0 Å². The van der Waals surface area contributed by atoms with Gasteiger partial charge in [0.25, 0.3) is 0 Å². The molecule has 1 aliphatic heterocycles.